The number of amides is 3. The number of nitrogens with one attached hydrogen (secondary N) is 1. The van der Waals surface area contributed by atoms with E-state index in [0.717, 1.165) is 69.6 Å². The van der Waals surface area contributed by atoms with Crippen LogP contribution >= 0.6 is 0 Å². The Labute approximate surface area is 230 Å². The fourth-order valence-electron chi connectivity index (χ4n) is 6.62. The molecular weight excluding hydrogens is 498 g/mol. The first-order valence-electron chi connectivity index (χ1n) is 14.1. The van der Waals surface area contributed by atoms with Crippen molar-refractivity contribution in [2.75, 3.05) is 51.2 Å². The average molecular weight is 540 g/mol. The van der Waals surface area contributed by atoms with E-state index in [9.17, 15) is 19.2 Å². The first kappa shape index (κ1) is 27.4. The molecule has 0 radical (unpaired) electrons. The predicted molar refractivity (Wildman–Crippen MR) is 147 cm³/mol. The Morgan fingerprint density at radius 3 is 2.46 bits per heavy atom. The third-order valence-electron chi connectivity index (χ3n) is 8.64. The van der Waals surface area contributed by atoms with E-state index >= 15 is 0 Å². The minimum Gasteiger partial charge on any atom is -0.444 e. The number of likely N-dealkylation sites (tertiary alicyclic amines) is 1. The second-order valence-corrected chi connectivity index (χ2v) is 12.6. The van der Waals surface area contributed by atoms with E-state index in [1.165, 1.54) is 0 Å². The van der Waals surface area contributed by atoms with Crippen LogP contribution < -0.4 is 10.2 Å². The SMILES string of the molecule is CNC(=O)C(CCC=O)N1Cc2cc(N3CCN(C4CC5(C4)CN(C(=O)OC(C)(C)C)C5)CC3)ccc2C1=O. The average Bonchev–Trinajstić information content (AvgIpc) is 3.17. The summed E-state index contributed by atoms with van der Waals surface area (Å²) >= 11 is 0. The van der Waals surface area contributed by atoms with Gasteiger partial charge in [-0.1, -0.05) is 0 Å². The number of hydrogen-bond acceptors (Lipinski definition) is 7. The first-order valence-corrected chi connectivity index (χ1v) is 14.1. The van der Waals surface area contributed by atoms with Crippen LogP contribution in [0.3, 0.4) is 0 Å². The number of aldehydes is 1. The Balaban J connectivity index is 1.12. The van der Waals surface area contributed by atoms with Crippen LogP contribution in [0.5, 0.6) is 0 Å². The van der Waals surface area contributed by atoms with Crippen LogP contribution in [0.15, 0.2) is 18.2 Å². The van der Waals surface area contributed by atoms with Crippen LogP contribution in [0.2, 0.25) is 0 Å². The van der Waals surface area contributed by atoms with Crippen molar-refractivity contribution < 1.29 is 23.9 Å². The summed E-state index contributed by atoms with van der Waals surface area (Å²) in [4.78, 5) is 57.1. The molecule has 2 saturated heterocycles. The Bertz CT molecular complexity index is 1130. The molecule has 3 amide bonds. The van der Waals surface area contributed by atoms with Crippen molar-refractivity contribution in [3.63, 3.8) is 0 Å². The van der Waals surface area contributed by atoms with Gasteiger partial charge in [-0.05, 0) is 63.8 Å². The third-order valence-corrected chi connectivity index (χ3v) is 8.64. The standard InChI is InChI=1S/C29H41N5O5/c1-28(2,3)39-27(38)33-18-29(19-33)15-22(16-29)32-11-9-31(10-12-32)21-7-8-23-20(14-21)17-34(26(23)37)24(6-5-13-35)25(36)30-4/h7-8,13-14,22,24H,5-6,9-12,15-19H2,1-4H3,(H,30,36). The van der Waals surface area contributed by atoms with Gasteiger partial charge in [-0.25, -0.2) is 4.79 Å². The molecule has 1 aromatic rings. The number of hydrogen-bond donors (Lipinski definition) is 1. The highest BCUT2D eigenvalue weighted by Gasteiger charge is 2.55. The Kier molecular flexibility index (Phi) is 7.35. The lowest BCUT2D eigenvalue weighted by atomic mass is 9.60. The van der Waals surface area contributed by atoms with Gasteiger partial charge in [0.05, 0.1) is 0 Å². The fourth-order valence-corrected chi connectivity index (χ4v) is 6.62. The quantitative estimate of drug-likeness (QED) is 0.531. The fraction of sp³-hybridized carbons (Fsp3) is 0.655. The van der Waals surface area contributed by atoms with Crippen molar-refractivity contribution >= 4 is 29.9 Å². The molecule has 3 fully saturated rings. The molecule has 1 aromatic carbocycles. The molecule has 212 valence electrons. The van der Waals surface area contributed by atoms with Gasteiger partial charge in [-0.3, -0.25) is 14.5 Å². The molecule has 1 unspecified atom stereocenters. The second kappa shape index (κ2) is 10.4. The molecule has 0 aromatic heterocycles. The summed E-state index contributed by atoms with van der Waals surface area (Å²) < 4.78 is 5.50. The summed E-state index contributed by atoms with van der Waals surface area (Å²) in [6.45, 7) is 11.5. The number of piperazine rings is 1. The van der Waals surface area contributed by atoms with Gasteiger partial charge in [0.15, 0.2) is 0 Å². The number of anilines is 1. The van der Waals surface area contributed by atoms with Gasteiger partial charge in [0.1, 0.15) is 17.9 Å². The lowest BCUT2D eigenvalue weighted by molar-refractivity contribution is -0.125. The summed E-state index contributed by atoms with van der Waals surface area (Å²) in [7, 11) is 1.55. The number of nitrogens with zero attached hydrogens (tertiary/aromatic N) is 4. The lowest BCUT2D eigenvalue weighted by Gasteiger charge is -2.61. The van der Waals surface area contributed by atoms with E-state index in [4.69, 9.17) is 4.74 Å². The van der Waals surface area contributed by atoms with E-state index in [1.807, 2.05) is 37.8 Å². The van der Waals surface area contributed by atoms with E-state index in [2.05, 4.69) is 21.2 Å². The molecular formula is C29H41N5O5. The third kappa shape index (κ3) is 5.48. The molecule has 3 heterocycles. The zero-order chi connectivity index (χ0) is 27.9. The van der Waals surface area contributed by atoms with Gasteiger partial charge in [0.25, 0.3) is 5.91 Å². The topological polar surface area (TPSA) is 103 Å². The minimum absolute atomic E-state index is 0.152. The summed E-state index contributed by atoms with van der Waals surface area (Å²) in [6.07, 6.45) is 3.42. The number of carbonyl (C=O) groups excluding carboxylic acids is 4. The smallest absolute Gasteiger partial charge is 0.410 e. The van der Waals surface area contributed by atoms with Crippen molar-refractivity contribution in [2.45, 2.75) is 70.7 Å². The van der Waals surface area contributed by atoms with Crippen LogP contribution in [0.25, 0.3) is 0 Å². The zero-order valence-corrected chi connectivity index (χ0v) is 23.6. The van der Waals surface area contributed by atoms with Crippen LogP contribution in [-0.2, 0) is 20.9 Å². The molecule has 10 heteroatoms. The van der Waals surface area contributed by atoms with E-state index < -0.39 is 11.6 Å². The van der Waals surface area contributed by atoms with Crippen molar-refractivity contribution in [3.05, 3.63) is 29.3 Å². The van der Waals surface area contributed by atoms with Crippen LogP contribution in [-0.4, -0.2) is 103 Å². The molecule has 39 heavy (non-hydrogen) atoms. The van der Waals surface area contributed by atoms with Crippen LogP contribution in [0, 0.1) is 5.41 Å². The zero-order valence-electron chi connectivity index (χ0n) is 23.6. The molecule has 4 aliphatic rings. The monoisotopic (exact) mass is 539 g/mol. The summed E-state index contributed by atoms with van der Waals surface area (Å²) in [5.41, 5.74) is 2.48. The Morgan fingerprint density at radius 2 is 1.85 bits per heavy atom. The Hall–Kier alpha value is -3.14. The van der Waals surface area contributed by atoms with Crippen LogP contribution in [0.1, 0.15) is 62.4 Å². The number of benzene rings is 1. The minimum atomic E-state index is -0.648. The largest absolute Gasteiger partial charge is 0.444 e. The molecule has 1 aliphatic carbocycles. The maximum absolute atomic E-state index is 13.1. The van der Waals surface area contributed by atoms with Gasteiger partial charge >= 0.3 is 6.09 Å². The molecule has 3 aliphatic heterocycles. The molecule has 1 N–H and O–H groups in total. The maximum atomic E-state index is 13.1. The maximum Gasteiger partial charge on any atom is 0.410 e. The van der Waals surface area contributed by atoms with Gasteiger partial charge in [-0.15, -0.1) is 0 Å². The van der Waals surface area contributed by atoms with Crippen molar-refractivity contribution in [1.29, 1.82) is 0 Å². The first-order chi connectivity index (χ1) is 18.5. The molecule has 0 bridgehead atoms. The summed E-state index contributed by atoms with van der Waals surface area (Å²) in [5.74, 6) is -0.396. The summed E-state index contributed by atoms with van der Waals surface area (Å²) in [5, 5.41) is 2.63. The number of rotatable bonds is 7. The number of ether oxygens (including phenoxy) is 1. The normalized spacial score (nSPS) is 21.7. The molecule has 1 atom stereocenters. The molecule has 5 rings (SSSR count). The van der Waals surface area contributed by atoms with Crippen molar-refractivity contribution in [2.24, 2.45) is 5.41 Å². The van der Waals surface area contributed by atoms with Crippen LogP contribution in [0.4, 0.5) is 10.5 Å². The number of fused-ring (bicyclic) bond motifs is 1. The second-order valence-electron chi connectivity index (χ2n) is 12.6. The highest BCUT2D eigenvalue weighted by atomic mass is 16.6. The number of carbonyl (C=O) groups is 4. The van der Waals surface area contributed by atoms with E-state index in [1.54, 1.807) is 11.9 Å². The molecule has 1 spiro atoms. The van der Waals surface area contributed by atoms with Gasteiger partial charge in [0, 0.05) is 82.0 Å². The number of likely N-dealkylation sites (N-methyl/N-ethyl adjacent to an activating group) is 1. The molecule has 10 nitrogen and oxygen atoms in total. The summed E-state index contributed by atoms with van der Waals surface area (Å²) in [6, 6.07) is 5.90. The predicted octanol–water partition coefficient (Wildman–Crippen LogP) is 2.26. The van der Waals surface area contributed by atoms with Gasteiger partial charge in [-0.2, -0.15) is 0 Å². The van der Waals surface area contributed by atoms with Crippen molar-refractivity contribution in [1.82, 2.24) is 20.0 Å². The van der Waals surface area contributed by atoms with Gasteiger partial charge in [0.2, 0.25) is 5.91 Å². The van der Waals surface area contributed by atoms with E-state index in [-0.39, 0.29) is 29.7 Å². The Morgan fingerprint density at radius 1 is 1.15 bits per heavy atom. The highest BCUT2D eigenvalue weighted by molar-refractivity contribution is 6.01. The van der Waals surface area contributed by atoms with E-state index in [0.29, 0.717) is 24.6 Å². The lowest BCUT2D eigenvalue weighted by Crippen LogP contribution is -2.69. The van der Waals surface area contributed by atoms with Crippen molar-refractivity contribution in [3.8, 4) is 0 Å². The molecule has 1 saturated carbocycles. The van der Waals surface area contributed by atoms with Gasteiger partial charge < -0.3 is 29.5 Å². The highest BCUT2D eigenvalue weighted by Crippen LogP contribution is 2.50.